The lowest BCUT2D eigenvalue weighted by Gasteiger charge is -2.09. The third-order valence-corrected chi connectivity index (χ3v) is 6.27. The molecule has 6 nitrogen and oxygen atoms in total. The quantitative estimate of drug-likeness (QED) is 0.169. The van der Waals surface area contributed by atoms with E-state index in [1.54, 1.807) is 23.6 Å². The zero-order chi connectivity index (χ0) is 27.1. The lowest BCUT2D eigenvalue weighted by molar-refractivity contribution is -0.137. The molecule has 11 heteroatoms. The fourth-order valence-corrected chi connectivity index (χ4v) is 4.38. The molecule has 4 aromatic rings. The number of anilines is 2. The smallest absolute Gasteiger partial charge is 0.416 e. The molecule has 0 radical (unpaired) electrons. The van der Waals surface area contributed by atoms with Crippen molar-refractivity contribution in [1.29, 1.82) is 0 Å². The average molecular weight is 559 g/mol. The summed E-state index contributed by atoms with van der Waals surface area (Å²) in [5.74, 6) is 0.133. The molecule has 2 N–H and O–H groups in total. The van der Waals surface area contributed by atoms with Gasteiger partial charge in [-0.15, -0.1) is 11.3 Å². The number of rotatable bonds is 9. The molecule has 0 aliphatic carbocycles. The first-order chi connectivity index (χ1) is 18.2. The number of benzene rings is 3. The number of alkyl halides is 3. The number of amides is 1. The second-order valence-corrected chi connectivity index (χ2v) is 9.55. The van der Waals surface area contributed by atoms with Crippen LogP contribution < -0.4 is 15.5 Å². The van der Waals surface area contributed by atoms with E-state index >= 15 is 0 Å². The molecule has 0 spiro atoms. The summed E-state index contributed by atoms with van der Waals surface area (Å²) in [5.41, 5.74) is 5.21. The minimum atomic E-state index is -4.44. The van der Waals surface area contributed by atoms with Crippen LogP contribution in [0.15, 0.2) is 77.2 Å². The number of nitrogens with one attached hydrogen (secondary N) is 2. The maximum atomic E-state index is 12.9. The van der Waals surface area contributed by atoms with Gasteiger partial charge in [0.05, 0.1) is 28.9 Å². The summed E-state index contributed by atoms with van der Waals surface area (Å²) in [6.07, 6.45) is -3.03. The first kappa shape index (κ1) is 27.2. The number of nitrogens with zero attached hydrogens (tertiary/aromatic N) is 2. The Bertz CT molecular complexity index is 1460. The fraction of sp³-hybridized carbons (Fsp3) is 0.148. The third-order valence-electron chi connectivity index (χ3n) is 5.17. The fourth-order valence-electron chi connectivity index (χ4n) is 3.40. The van der Waals surface area contributed by atoms with Gasteiger partial charge in [0.15, 0.2) is 5.13 Å². The van der Waals surface area contributed by atoms with Crippen molar-refractivity contribution in [3.63, 3.8) is 0 Å². The second kappa shape index (κ2) is 12.1. The molecule has 196 valence electrons. The van der Waals surface area contributed by atoms with Crippen LogP contribution in [-0.4, -0.2) is 17.1 Å². The minimum absolute atomic E-state index is 0.0510. The summed E-state index contributed by atoms with van der Waals surface area (Å²) in [4.78, 5) is 16.5. The molecule has 0 saturated carbocycles. The normalized spacial score (nSPS) is 11.5. The summed E-state index contributed by atoms with van der Waals surface area (Å²) in [7, 11) is 0. The lowest BCUT2D eigenvalue weighted by atomic mass is 10.1. The zero-order valence-electron chi connectivity index (χ0n) is 20.1. The van der Waals surface area contributed by atoms with Gasteiger partial charge in [0.25, 0.3) is 0 Å². The predicted octanol–water partition coefficient (Wildman–Crippen LogP) is 7.14. The van der Waals surface area contributed by atoms with Gasteiger partial charge in [-0.2, -0.15) is 18.3 Å². The van der Waals surface area contributed by atoms with E-state index in [2.05, 4.69) is 20.8 Å². The highest BCUT2D eigenvalue weighted by atomic mass is 35.5. The predicted molar refractivity (Wildman–Crippen MR) is 143 cm³/mol. The molecule has 0 bridgehead atoms. The van der Waals surface area contributed by atoms with E-state index in [0.29, 0.717) is 33.8 Å². The summed E-state index contributed by atoms with van der Waals surface area (Å²) in [6.45, 7) is 2.40. The zero-order valence-corrected chi connectivity index (χ0v) is 21.6. The molecule has 3 aromatic carbocycles. The molecule has 0 aliphatic heterocycles. The highest BCUT2D eigenvalue weighted by Crippen LogP contribution is 2.32. The van der Waals surface area contributed by atoms with Crippen molar-refractivity contribution in [2.75, 3.05) is 5.32 Å². The molecule has 0 atom stereocenters. The Balaban J connectivity index is 1.27. The van der Waals surface area contributed by atoms with Crippen LogP contribution in [0.4, 0.5) is 24.0 Å². The lowest BCUT2D eigenvalue weighted by Crippen LogP contribution is -2.19. The van der Waals surface area contributed by atoms with E-state index < -0.39 is 17.6 Å². The van der Waals surface area contributed by atoms with Gasteiger partial charge in [0.2, 0.25) is 5.91 Å². The number of hydrogen-bond donors (Lipinski definition) is 2. The van der Waals surface area contributed by atoms with Crippen LogP contribution >= 0.6 is 22.9 Å². The van der Waals surface area contributed by atoms with E-state index in [4.69, 9.17) is 16.3 Å². The van der Waals surface area contributed by atoms with Crippen molar-refractivity contribution in [1.82, 2.24) is 10.4 Å². The van der Waals surface area contributed by atoms with E-state index in [1.165, 1.54) is 29.7 Å². The van der Waals surface area contributed by atoms with Gasteiger partial charge in [0.1, 0.15) is 12.4 Å². The number of carbonyl (C=O) groups is 1. The highest BCUT2D eigenvalue weighted by Gasteiger charge is 2.30. The number of carbonyl (C=O) groups excluding carboxylic acids is 1. The molecule has 0 aliphatic rings. The van der Waals surface area contributed by atoms with Crippen molar-refractivity contribution in [3.05, 3.63) is 105 Å². The Hall–Kier alpha value is -3.89. The summed E-state index contributed by atoms with van der Waals surface area (Å²) >= 11 is 7.50. The summed E-state index contributed by atoms with van der Waals surface area (Å²) in [6, 6.07) is 18.0. The maximum absolute atomic E-state index is 12.9. The number of ether oxygens (including phenoxy) is 1. The third kappa shape index (κ3) is 7.80. The van der Waals surface area contributed by atoms with Crippen LogP contribution in [0.5, 0.6) is 5.75 Å². The van der Waals surface area contributed by atoms with Gasteiger partial charge in [-0.3, -0.25) is 4.79 Å². The summed E-state index contributed by atoms with van der Waals surface area (Å²) < 4.78 is 44.5. The second-order valence-electron chi connectivity index (χ2n) is 8.29. The topological polar surface area (TPSA) is 75.6 Å². The Kier molecular flexibility index (Phi) is 8.65. The van der Waals surface area contributed by atoms with Gasteiger partial charge in [-0.25, -0.2) is 10.4 Å². The first-order valence-corrected chi connectivity index (χ1v) is 12.6. The van der Waals surface area contributed by atoms with Crippen molar-refractivity contribution in [2.24, 2.45) is 5.10 Å². The van der Waals surface area contributed by atoms with Gasteiger partial charge < -0.3 is 10.1 Å². The minimum Gasteiger partial charge on any atom is -0.487 e. The van der Waals surface area contributed by atoms with Crippen molar-refractivity contribution in [2.45, 2.75) is 26.1 Å². The van der Waals surface area contributed by atoms with Crippen LogP contribution in [0.1, 0.15) is 27.9 Å². The van der Waals surface area contributed by atoms with Crippen LogP contribution in [0, 0.1) is 6.92 Å². The molecule has 1 aromatic heterocycles. The van der Waals surface area contributed by atoms with Crippen molar-refractivity contribution < 1.29 is 22.7 Å². The molecule has 1 heterocycles. The van der Waals surface area contributed by atoms with Gasteiger partial charge in [-0.1, -0.05) is 47.5 Å². The number of aryl methyl sites for hydroxylation is 1. The molecule has 0 unspecified atom stereocenters. The van der Waals surface area contributed by atoms with Crippen LogP contribution in [0.25, 0.3) is 0 Å². The highest BCUT2D eigenvalue weighted by molar-refractivity contribution is 7.13. The molecular formula is C27H22ClF3N4O2S. The number of hydrazone groups is 1. The Morgan fingerprint density at radius 3 is 2.71 bits per heavy atom. The number of hydrogen-bond acceptors (Lipinski definition) is 6. The maximum Gasteiger partial charge on any atom is 0.416 e. The monoisotopic (exact) mass is 558 g/mol. The van der Waals surface area contributed by atoms with Crippen LogP contribution in [0.3, 0.4) is 0 Å². The molecule has 0 fully saturated rings. The van der Waals surface area contributed by atoms with E-state index in [9.17, 15) is 18.0 Å². The average Bonchev–Trinajstić information content (AvgIpc) is 3.29. The first-order valence-electron chi connectivity index (χ1n) is 11.3. The molecular weight excluding hydrogens is 537 g/mol. The van der Waals surface area contributed by atoms with E-state index in [-0.39, 0.29) is 12.1 Å². The van der Waals surface area contributed by atoms with Crippen molar-refractivity contribution >= 4 is 45.9 Å². The Morgan fingerprint density at radius 2 is 1.95 bits per heavy atom. The van der Waals surface area contributed by atoms with Crippen molar-refractivity contribution in [3.8, 4) is 5.75 Å². The van der Waals surface area contributed by atoms with Crippen LogP contribution in [-0.2, 0) is 24.0 Å². The molecule has 4 rings (SSSR count). The van der Waals surface area contributed by atoms with E-state index in [0.717, 1.165) is 23.3 Å². The number of halogens is 4. The van der Waals surface area contributed by atoms with E-state index in [1.807, 2.05) is 31.2 Å². The Morgan fingerprint density at radius 1 is 1.13 bits per heavy atom. The molecule has 38 heavy (non-hydrogen) atoms. The SMILES string of the molecule is Cc1cccc(COc2ccc(/C=N\NC(=O)Cc3csc(Nc4cccc(C(F)(F)F)c4)n3)cc2Cl)c1. The van der Waals surface area contributed by atoms with Gasteiger partial charge >= 0.3 is 6.18 Å². The van der Waals surface area contributed by atoms with Gasteiger partial charge in [-0.05, 0) is 54.4 Å². The summed E-state index contributed by atoms with van der Waals surface area (Å²) in [5, 5.41) is 9.21. The number of aromatic nitrogens is 1. The molecule has 0 saturated heterocycles. The number of thiazole rings is 1. The van der Waals surface area contributed by atoms with Gasteiger partial charge in [0, 0.05) is 11.1 Å². The standard InChI is InChI=1S/C27H22ClF3N4O2S/c1-17-4-2-5-19(10-17)15-37-24-9-8-18(11-23(24)28)14-32-35-25(36)13-22-16-38-26(34-22)33-21-7-3-6-20(12-21)27(29,30)31/h2-12,14,16H,13,15H2,1H3,(H,33,34)(H,35,36)/b32-14-. The van der Waals surface area contributed by atoms with Crippen LogP contribution in [0.2, 0.25) is 5.02 Å². The molecule has 1 amide bonds. The largest absolute Gasteiger partial charge is 0.487 e. The Labute approximate surface area is 226 Å².